The van der Waals surface area contributed by atoms with Crippen LogP contribution in [0.3, 0.4) is 0 Å². The highest BCUT2D eigenvalue weighted by molar-refractivity contribution is 7.80. The molecular weight excluding hydrogens is 230 g/mol. The molecule has 0 unspecified atom stereocenters. The highest BCUT2D eigenvalue weighted by Gasteiger charge is 2.05. The topological polar surface area (TPSA) is 36.4 Å². The van der Waals surface area contributed by atoms with Crippen LogP contribution in [0.5, 0.6) is 0 Å². The van der Waals surface area contributed by atoms with Gasteiger partial charge in [-0.2, -0.15) is 5.10 Å². The molecule has 0 spiro atoms. The first-order valence-electron chi connectivity index (χ1n) is 5.56. The van der Waals surface area contributed by atoms with Crippen molar-refractivity contribution in [2.24, 2.45) is 5.10 Å². The lowest BCUT2D eigenvalue weighted by Crippen LogP contribution is -2.25. The van der Waals surface area contributed by atoms with Crippen LogP contribution in [0, 0.1) is 20.8 Å². The molecule has 0 amide bonds. The highest BCUT2D eigenvalue weighted by Crippen LogP contribution is 2.21. The number of thiocarbonyl (C=S) groups is 1. The van der Waals surface area contributed by atoms with E-state index in [-0.39, 0.29) is 0 Å². The number of aryl methyl sites for hydroxylation is 3. The number of benzene rings is 1. The van der Waals surface area contributed by atoms with E-state index in [0.717, 1.165) is 11.4 Å². The summed E-state index contributed by atoms with van der Waals surface area (Å²) in [4.78, 5) is 0. The number of nitrogens with zero attached hydrogens (tertiary/aromatic N) is 1. The van der Waals surface area contributed by atoms with E-state index in [9.17, 15) is 0 Å². The molecule has 2 N–H and O–H groups in total. The van der Waals surface area contributed by atoms with Crippen molar-refractivity contribution in [2.75, 3.05) is 5.32 Å². The number of hydrazone groups is 1. The normalized spacial score (nSPS) is 9.71. The summed E-state index contributed by atoms with van der Waals surface area (Å²) in [5.74, 6) is 0. The first kappa shape index (κ1) is 13.6. The SMILES string of the molecule is CC(C)=NNC(=S)Nc1c(C)cc(C)cc1C. The summed E-state index contributed by atoms with van der Waals surface area (Å²) in [6, 6.07) is 4.26. The lowest BCUT2D eigenvalue weighted by atomic mass is 10.1. The fourth-order valence-corrected chi connectivity index (χ4v) is 1.83. The molecule has 1 rings (SSSR count). The fraction of sp³-hybridized carbons (Fsp3) is 0.385. The zero-order valence-corrected chi connectivity index (χ0v) is 11.8. The minimum atomic E-state index is 0.515. The second kappa shape index (κ2) is 5.77. The molecule has 92 valence electrons. The van der Waals surface area contributed by atoms with Gasteiger partial charge in [-0.15, -0.1) is 0 Å². The van der Waals surface area contributed by atoms with Gasteiger partial charge in [-0.25, -0.2) is 0 Å². The largest absolute Gasteiger partial charge is 0.331 e. The van der Waals surface area contributed by atoms with Crippen molar-refractivity contribution in [1.82, 2.24) is 5.43 Å². The highest BCUT2D eigenvalue weighted by atomic mass is 32.1. The van der Waals surface area contributed by atoms with E-state index in [1.807, 2.05) is 13.8 Å². The number of anilines is 1. The summed E-state index contributed by atoms with van der Waals surface area (Å²) in [6.45, 7) is 10.1. The van der Waals surface area contributed by atoms with Crippen LogP contribution in [0.2, 0.25) is 0 Å². The zero-order chi connectivity index (χ0) is 13.0. The van der Waals surface area contributed by atoms with Crippen molar-refractivity contribution in [3.63, 3.8) is 0 Å². The Morgan fingerprint density at radius 1 is 1.12 bits per heavy atom. The van der Waals surface area contributed by atoms with Gasteiger partial charge in [0, 0.05) is 11.4 Å². The lowest BCUT2D eigenvalue weighted by Gasteiger charge is -2.14. The second-order valence-corrected chi connectivity index (χ2v) is 4.81. The van der Waals surface area contributed by atoms with E-state index in [0.29, 0.717) is 5.11 Å². The van der Waals surface area contributed by atoms with E-state index in [1.165, 1.54) is 16.7 Å². The van der Waals surface area contributed by atoms with Crippen LogP contribution >= 0.6 is 12.2 Å². The van der Waals surface area contributed by atoms with Crippen LogP contribution in [-0.4, -0.2) is 10.8 Å². The average Bonchev–Trinajstić information content (AvgIpc) is 2.20. The molecule has 0 aliphatic heterocycles. The van der Waals surface area contributed by atoms with Crippen LogP contribution in [0.4, 0.5) is 5.69 Å². The van der Waals surface area contributed by atoms with Crippen LogP contribution in [0.1, 0.15) is 30.5 Å². The van der Waals surface area contributed by atoms with Gasteiger partial charge in [0.15, 0.2) is 5.11 Å². The van der Waals surface area contributed by atoms with Gasteiger partial charge in [-0.3, -0.25) is 5.43 Å². The van der Waals surface area contributed by atoms with Crippen molar-refractivity contribution in [1.29, 1.82) is 0 Å². The van der Waals surface area contributed by atoms with Gasteiger partial charge in [-0.1, -0.05) is 17.7 Å². The molecule has 0 fully saturated rings. The maximum absolute atomic E-state index is 5.18. The van der Waals surface area contributed by atoms with Crippen molar-refractivity contribution >= 4 is 28.7 Å². The van der Waals surface area contributed by atoms with E-state index in [4.69, 9.17) is 12.2 Å². The molecule has 4 heteroatoms. The molecule has 0 saturated carbocycles. The molecule has 0 atom stereocenters. The van der Waals surface area contributed by atoms with Crippen molar-refractivity contribution in [2.45, 2.75) is 34.6 Å². The molecule has 3 nitrogen and oxygen atoms in total. The Morgan fingerprint density at radius 2 is 1.65 bits per heavy atom. The molecule has 0 bridgehead atoms. The maximum atomic E-state index is 5.18. The summed E-state index contributed by atoms with van der Waals surface area (Å²) >= 11 is 5.18. The maximum Gasteiger partial charge on any atom is 0.191 e. The van der Waals surface area contributed by atoms with Gasteiger partial charge < -0.3 is 5.32 Å². The lowest BCUT2D eigenvalue weighted by molar-refractivity contribution is 1.03. The van der Waals surface area contributed by atoms with E-state index >= 15 is 0 Å². The first-order chi connectivity index (χ1) is 7.90. The smallest absolute Gasteiger partial charge is 0.191 e. The molecule has 0 radical (unpaired) electrons. The van der Waals surface area contributed by atoms with Gasteiger partial charge in [-0.05, 0) is 58.0 Å². The third-order valence-corrected chi connectivity index (χ3v) is 2.49. The Hall–Kier alpha value is -1.42. The van der Waals surface area contributed by atoms with Crippen LogP contribution < -0.4 is 10.7 Å². The number of nitrogens with one attached hydrogen (secondary N) is 2. The van der Waals surface area contributed by atoms with Gasteiger partial charge >= 0.3 is 0 Å². The minimum Gasteiger partial charge on any atom is -0.331 e. The molecule has 0 saturated heterocycles. The van der Waals surface area contributed by atoms with Gasteiger partial charge in [0.2, 0.25) is 0 Å². The van der Waals surface area contributed by atoms with Crippen molar-refractivity contribution in [3.05, 3.63) is 28.8 Å². The Kier molecular flexibility index (Phi) is 4.63. The van der Waals surface area contributed by atoms with Crippen LogP contribution in [0.15, 0.2) is 17.2 Å². The van der Waals surface area contributed by atoms with E-state index in [1.54, 1.807) is 0 Å². The third-order valence-electron chi connectivity index (χ3n) is 2.30. The summed E-state index contributed by atoms with van der Waals surface area (Å²) in [6.07, 6.45) is 0. The van der Waals surface area contributed by atoms with Crippen molar-refractivity contribution in [3.8, 4) is 0 Å². The minimum absolute atomic E-state index is 0.515. The Morgan fingerprint density at radius 3 is 2.12 bits per heavy atom. The Labute approximate surface area is 108 Å². The summed E-state index contributed by atoms with van der Waals surface area (Å²) in [5, 5.41) is 7.75. The van der Waals surface area contributed by atoms with E-state index < -0.39 is 0 Å². The van der Waals surface area contributed by atoms with Crippen molar-refractivity contribution < 1.29 is 0 Å². The number of hydrogen-bond acceptors (Lipinski definition) is 2. The van der Waals surface area contributed by atoms with Gasteiger partial charge in [0.05, 0.1) is 0 Å². The monoisotopic (exact) mass is 249 g/mol. The van der Waals surface area contributed by atoms with Gasteiger partial charge in [0.25, 0.3) is 0 Å². The third kappa shape index (κ3) is 4.15. The first-order valence-corrected chi connectivity index (χ1v) is 5.96. The summed E-state index contributed by atoms with van der Waals surface area (Å²) < 4.78 is 0. The molecule has 1 aromatic rings. The zero-order valence-electron chi connectivity index (χ0n) is 11.0. The average molecular weight is 249 g/mol. The predicted octanol–water partition coefficient (Wildman–Crippen LogP) is 3.29. The molecule has 17 heavy (non-hydrogen) atoms. The van der Waals surface area contributed by atoms with Crippen LogP contribution in [-0.2, 0) is 0 Å². The molecule has 0 heterocycles. The molecule has 0 aromatic heterocycles. The van der Waals surface area contributed by atoms with Crippen LogP contribution in [0.25, 0.3) is 0 Å². The second-order valence-electron chi connectivity index (χ2n) is 4.40. The molecule has 1 aromatic carbocycles. The predicted molar refractivity (Wildman–Crippen MR) is 78.8 cm³/mol. The number of rotatable bonds is 2. The summed E-state index contributed by atoms with van der Waals surface area (Å²) in [5.41, 5.74) is 8.42. The fourth-order valence-electron chi connectivity index (χ4n) is 1.68. The molecule has 0 aliphatic carbocycles. The van der Waals surface area contributed by atoms with Gasteiger partial charge in [0.1, 0.15) is 0 Å². The number of hydrogen-bond donors (Lipinski definition) is 2. The summed E-state index contributed by atoms with van der Waals surface area (Å²) in [7, 11) is 0. The van der Waals surface area contributed by atoms with E-state index in [2.05, 4.69) is 48.7 Å². The molecular formula is C13H19N3S. The quantitative estimate of drug-likeness (QED) is 0.480. The molecule has 0 aliphatic rings. The Balaban J connectivity index is 2.82. The Bertz CT molecular complexity index is 437. The standard InChI is InChI=1S/C13H19N3S/c1-8(2)15-16-13(17)14-12-10(4)6-9(3)7-11(12)5/h6-7H,1-5H3,(H2,14,16,17).